The summed E-state index contributed by atoms with van der Waals surface area (Å²) in [5.74, 6) is 5.23. The van der Waals surface area contributed by atoms with Crippen LogP contribution in [0.2, 0.25) is 0 Å². The molecule has 1 N–H and O–H groups in total. The normalized spacial score (nSPS) is 12.9. The molecule has 1 nitrogen and oxygen atoms in total. The molecule has 0 bridgehead atoms. The largest absolute Gasteiger partial charge is 0.377 e. The van der Waals surface area contributed by atoms with Crippen LogP contribution < -0.4 is 0 Å². The maximum Gasteiger partial charge on any atom is 0.133 e. The second kappa shape index (κ2) is 6.85. The van der Waals surface area contributed by atoms with E-state index in [4.69, 9.17) is 5.11 Å². The lowest BCUT2D eigenvalue weighted by Crippen LogP contribution is -1.94. The summed E-state index contributed by atoms with van der Waals surface area (Å²) in [5, 5.41) is 8.87. The molecule has 0 aliphatic heterocycles. The molecule has 58 valence electrons. The highest BCUT2D eigenvalue weighted by atomic mass is 16.3. The fraction of sp³-hybridized carbons (Fsp3) is 0.200. The Labute approximate surface area is 67.7 Å². The van der Waals surface area contributed by atoms with E-state index in [9.17, 15) is 0 Å². The van der Waals surface area contributed by atoms with Gasteiger partial charge in [-0.2, -0.15) is 0 Å². The van der Waals surface area contributed by atoms with Gasteiger partial charge in [-0.25, -0.2) is 0 Å². The quantitative estimate of drug-likeness (QED) is 0.359. The Bertz CT molecular complexity index is 213. The topological polar surface area (TPSA) is 20.2 Å². The Hall–Kier alpha value is -1.26. The lowest BCUT2D eigenvalue weighted by Gasteiger charge is -1.86. The minimum atomic E-state index is -0.717. The van der Waals surface area contributed by atoms with E-state index in [2.05, 4.69) is 18.4 Å². The molecule has 11 heavy (non-hydrogen) atoms. The first-order valence-corrected chi connectivity index (χ1v) is 3.40. The summed E-state index contributed by atoms with van der Waals surface area (Å²) < 4.78 is 0. The van der Waals surface area contributed by atoms with Crippen LogP contribution in [0.1, 0.15) is 6.92 Å². The van der Waals surface area contributed by atoms with E-state index in [1.807, 2.05) is 25.2 Å². The van der Waals surface area contributed by atoms with E-state index in [0.717, 1.165) is 0 Å². The third-order valence-corrected chi connectivity index (χ3v) is 0.938. The molecule has 0 aromatic heterocycles. The summed E-state index contributed by atoms with van der Waals surface area (Å²) >= 11 is 0. The van der Waals surface area contributed by atoms with Crippen LogP contribution >= 0.6 is 0 Å². The molecule has 0 aromatic rings. The molecule has 0 saturated heterocycles. The monoisotopic (exact) mass is 148 g/mol. The highest BCUT2D eigenvalue weighted by Crippen LogP contribution is 1.79. The van der Waals surface area contributed by atoms with Gasteiger partial charge in [-0.1, -0.05) is 42.7 Å². The van der Waals surface area contributed by atoms with Gasteiger partial charge in [0.1, 0.15) is 6.10 Å². The van der Waals surface area contributed by atoms with Gasteiger partial charge in [-0.3, -0.25) is 0 Å². The van der Waals surface area contributed by atoms with Crippen molar-refractivity contribution in [3.05, 3.63) is 37.0 Å². The zero-order valence-corrected chi connectivity index (χ0v) is 6.62. The summed E-state index contributed by atoms with van der Waals surface area (Å²) in [5.41, 5.74) is 0. The van der Waals surface area contributed by atoms with Crippen LogP contribution in [0.4, 0.5) is 0 Å². The Morgan fingerprint density at radius 2 is 2.18 bits per heavy atom. The summed E-state index contributed by atoms with van der Waals surface area (Å²) in [6, 6.07) is 0. The van der Waals surface area contributed by atoms with E-state index >= 15 is 0 Å². The van der Waals surface area contributed by atoms with Crippen molar-refractivity contribution in [1.82, 2.24) is 0 Å². The smallest absolute Gasteiger partial charge is 0.133 e. The van der Waals surface area contributed by atoms with E-state index in [-0.39, 0.29) is 0 Å². The van der Waals surface area contributed by atoms with Gasteiger partial charge in [0.2, 0.25) is 0 Å². The molecule has 0 radical (unpaired) electrons. The Morgan fingerprint density at radius 3 is 2.73 bits per heavy atom. The SMILES string of the molecule is C=CC(O)C#C/C=C/C=C/C. The fourth-order valence-corrected chi connectivity index (χ4v) is 0.407. The summed E-state index contributed by atoms with van der Waals surface area (Å²) in [6.45, 7) is 5.31. The lowest BCUT2D eigenvalue weighted by molar-refractivity contribution is 0.281. The second-order valence-corrected chi connectivity index (χ2v) is 1.85. The summed E-state index contributed by atoms with van der Waals surface area (Å²) in [4.78, 5) is 0. The van der Waals surface area contributed by atoms with Crippen molar-refractivity contribution < 1.29 is 5.11 Å². The van der Waals surface area contributed by atoms with Gasteiger partial charge in [0.15, 0.2) is 0 Å². The Morgan fingerprint density at radius 1 is 1.45 bits per heavy atom. The maximum atomic E-state index is 8.87. The van der Waals surface area contributed by atoms with Crippen LogP contribution in [0.3, 0.4) is 0 Å². The van der Waals surface area contributed by atoms with Crippen molar-refractivity contribution in [2.45, 2.75) is 13.0 Å². The number of allylic oxidation sites excluding steroid dienone is 4. The predicted octanol–water partition coefficient (Wildman–Crippen LogP) is 1.67. The van der Waals surface area contributed by atoms with E-state index in [1.165, 1.54) is 6.08 Å². The molecule has 0 aliphatic rings. The first-order chi connectivity index (χ1) is 5.31. The summed E-state index contributed by atoms with van der Waals surface area (Å²) in [6.07, 6.45) is 7.92. The minimum absolute atomic E-state index is 0.717. The molecule has 0 fully saturated rings. The Balaban J connectivity index is 3.80. The van der Waals surface area contributed by atoms with Gasteiger partial charge in [-0.05, 0) is 13.0 Å². The number of hydrogen-bond acceptors (Lipinski definition) is 1. The van der Waals surface area contributed by atoms with Gasteiger partial charge < -0.3 is 5.11 Å². The highest BCUT2D eigenvalue weighted by Gasteiger charge is 1.83. The lowest BCUT2D eigenvalue weighted by atomic mass is 10.3. The van der Waals surface area contributed by atoms with Crippen molar-refractivity contribution in [3.8, 4) is 11.8 Å². The second-order valence-electron chi connectivity index (χ2n) is 1.85. The number of aliphatic hydroxyl groups excluding tert-OH is 1. The maximum absolute atomic E-state index is 8.87. The number of hydrogen-bond donors (Lipinski definition) is 1. The van der Waals surface area contributed by atoms with Crippen LogP contribution in [0, 0.1) is 11.8 Å². The molecular weight excluding hydrogens is 136 g/mol. The molecular formula is C10H12O. The van der Waals surface area contributed by atoms with Crippen LogP contribution in [0.25, 0.3) is 0 Å². The molecule has 0 aliphatic carbocycles. The zero-order valence-electron chi connectivity index (χ0n) is 6.62. The van der Waals surface area contributed by atoms with Crippen molar-refractivity contribution in [2.75, 3.05) is 0 Å². The van der Waals surface area contributed by atoms with Crippen LogP contribution in [-0.2, 0) is 0 Å². The molecule has 1 unspecified atom stereocenters. The molecule has 0 saturated carbocycles. The van der Waals surface area contributed by atoms with Crippen molar-refractivity contribution in [1.29, 1.82) is 0 Å². The third-order valence-electron chi connectivity index (χ3n) is 0.938. The van der Waals surface area contributed by atoms with Crippen LogP contribution in [-0.4, -0.2) is 11.2 Å². The molecule has 0 heterocycles. The fourth-order valence-electron chi connectivity index (χ4n) is 0.407. The van der Waals surface area contributed by atoms with Gasteiger partial charge in [-0.15, -0.1) is 0 Å². The number of rotatable bonds is 2. The standard InChI is InChI=1S/C10H12O/c1-3-5-6-7-8-9-10(11)4-2/h3-7,10-11H,2H2,1H3/b5-3+,7-6+. The zero-order chi connectivity index (χ0) is 8.53. The van der Waals surface area contributed by atoms with Crippen LogP contribution in [0.15, 0.2) is 37.0 Å². The number of aliphatic hydroxyl groups is 1. The van der Waals surface area contributed by atoms with Gasteiger partial charge in [0, 0.05) is 0 Å². The predicted molar refractivity (Wildman–Crippen MR) is 47.9 cm³/mol. The molecule has 0 rings (SSSR count). The van der Waals surface area contributed by atoms with Gasteiger partial charge >= 0.3 is 0 Å². The van der Waals surface area contributed by atoms with E-state index < -0.39 is 6.10 Å². The average molecular weight is 148 g/mol. The van der Waals surface area contributed by atoms with E-state index in [0.29, 0.717) is 0 Å². The van der Waals surface area contributed by atoms with Crippen molar-refractivity contribution >= 4 is 0 Å². The first-order valence-electron chi connectivity index (χ1n) is 3.40. The Kier molecular flexibility index (Phi) is 6.07. The molecule has 0 aromatic carbocycles. The average Bonchev–Trinajstić information content (AvgIpc) is 2.04. The molecule has 1 atom stereocenters. The first kappa shape index (κ1) is 9.74. The third kappa shape index (κ3) is 6.63. The summed E-state index contributed by atoms with van der Waals surface area (Å²) in [7, 11) is 0. The van der Waals surface area contributed by atoms with E-state index in [1.54, 1.807) is 6.08 Å². The molecule has 1 heteroatoms. The van der Waals surface area contributed by atoms with Crippen LogP contribution in [0.5, 0.6) is 0 Å². The van der Waals surface area contributed by atoms with Gasteiger partial charge in [0.05, 0.1) is 0 Å². The highest BCUT2D eigenvalue weighted by molar-refractivity contribution is 5.22. The van der Waals surface area contributed by atoms with Crippen molar-refractivity contribution in [2.24, 2.45) is 0 Å². The minimum Gasteiger partial charge on any atom is -0.377 e. The van der Waals surface area contributed by atoms with Gasteiger partial charge in [0.25, 0.3) is 0 Å². The molecule has 0 spiro atoms. The van der Waals surface area contributed by atoms with Crippen molar-refractivity contribution in [3.63, 3.8) is 0 Å². The molecule has 0 amide bonds.